The van der Waals surface area contributed by atoms with Crippen molar-refractivity contribution in [2.24, 2.45) is 0 Å². The molecule has 1 aliphatic carbocycles. The van der Waals surface area contributed by atoms with Gasteiger partial charge in [0, 0.05) is 51.1 Å². The highest BCUT2D eigenvalue weighted by Crippen LogP contribution is 2.51. The monoisotopic (exact) mass is 845 g/mol. The summed E-state index contributed by atoms with van der Waals surface area (Å²) in [5.41, 5.74) is 16.5. The van der Waals surface area contributed by atoms with E-state index < -0.39 is 0 Å². The molecule has 3 nitrogen and oxygen atoms in total. The number of anilines is 8. The van der Waals surface area contributed by atoms with Crippen molar-refractivity contribution >= 4 is 67.0 Å². The Morgan fingerprint density at radius 2 is 0.955 bits per heavy atom. The van der Waals surface area contributed by atoms with Crippen LogP contribution in [0, 0.1) is 6.92 Å². The first kappa shape index (κ1) is 39.2. The molecule has 0 radical (unpaired) electrons. The molecule has 2 aliphatic rings. The Bertz CT molecular complexity index is 3430. The number of hydrogen-bond donors (Lipinski definition) is 0. The molecule has 10 aromatic rings. The van der Waals surface area contributed by atoms with E-state index in [1.54, 1.807) is 0 Å². The number of benzene rings is 10. The van der Waals surface area contributed by atoms with Crippen LogP contribution in [0.15, 0.2) is 255 Å². The van der Waals surface area contributed by atoms with Gasteiger partial charge in [-0.15, -0.1) is 0 Å². The smallest absolute Gasteiger partial charge is 0.0629 e. The molecule has 0 N–H and O–H groups in total. The summed E-state index contributed by atoms with van der Waals surface area (Å²) in [4.78, 5) is 7.31. The molecule has 0 amide bonds. The third kappa shape index (κ3) is 7.03. The second-order valence-corrected chi connectivity index (χ2v) is 17.4. The molecule has 1 aliphatic heterocycles. The summed E-state index contributed by atoms with van der Waals surface area (Å²) < 4.78 is 0. The summed E-state index contributed by atoms with van der Waals surface area (Å²) in [6, 6.07) is 84.5. The van der Waals surface area contributed by atoms with Gasteiger partial charge in [0.1, 0.15) is 0 Å². The van der Waals surface area contributed by atoms with Crippen molar-refractivity contribution in [1.29, 1.82) is 0 Å². The predicted octanol–water partition coefficient (Wildman–Crippen LogP) is 17.3. The molecule has 66 heavy (non-hydrogen) atoms. The number of para-hydroxylation sites is 1. The van der Waals surface area contributed by atoms with E-state index >= 15 is 0 Å². The van der Waals surface area contributed by atoms with Gasteiger partial charge in [-0.25, -0.2) is 0 Å². The number of fused-ring (bicyclic) bond motifs is 5. The van der Waals surface area contributed by atoms with Crippen molar-refractivity contribution in [3.63, 3.8) is 0 Å². The second kappa shape index (κ2) is 16.6. The van der Waals surface area contributed by atoms with Crippen molar-refractivity contribution < 1.29 is 0 Å². The molecule has 2 unspecified atom stereocenters. The molecule has 12 rings (SSSR count). The fourth-order valence-corrected chi connectivity index (χ4v) is 10.2. The quantitative estimate of drug-likeness (QED) is 0.143. The fourth-order valence-electron chi connectivity index (χ4n) is 10.2. The number of hydrogen-bond acceptors (Lipinski definition) is 3. The third-order valence-corrected chi connectivity index (χ3v) is 13.4. The Kier molecular flexibility index (Phi) is 9.87. The van der Waals surface area contributed by atoms with Crippen LogP contribution in [0.5, 0.6) is 0 Å². The van der Waals surface area contributed by atoms with E-state index in [1.165, 1.54) is 66.3 Å². The number of allylic oxidation sites excluding steroid dienone is 2. The summed E-state index contributed by atoms with van der Waals surface area (Å²) in [6.45, 7) is 2.16. The zero-order chi connectivity index (χ0) is 44.0. The van der Waals surface area contributed by atoms with Gasteiger partial charge < -0.3 is 14.7 Å². The van der Waals surface area contributed by atoms with Crippen LogP contribution in [-0.4, -0.2) is 6.04 Å². The summed E-state index contributed by atoms with van der Waals surface area (Å²) in [7, 11) is 0. The van der Waals surface area contributed by atoms with Crippen LogP contribution >= 0.6 is 0 Å². The van der Waals surface area contributed by atoms with E-state index in [4.69, 9.17) is 0 Å². The van der Waals surface area contributed by atoms with E-state index in [-0.39, 0.29) is 12.0 Å². The second-order valence-electron chi connectivity index (χ2n) is 17.4. The van der Waals surface area contributed by atoms with Gasteiger partial charge in [-0.05, 0) is 136 Å². The van der Waals surface area contributed by atoms with E-state index in [2.05, 4.69) is 276 Å². The Morgan fingerprint density at radius 3 is 1.71 bits per heavy atom. The molecule has 314 valence electrons. The molecule has 0 saturated carbocycles. The van der Waals surface area contributed by atoms with Crippen molar-refractivity contribution in [3.05, 3.63) is 266 Å². The van der Waals surface area contributed by atoms with Gasteiger partial charge in [0.05, 0.1) is 11.7 Å². The maximum absolute atomic E-state index is 2.50. The molecule has 1 heterocycles. The molecule has 0 spiro atoms. The van der Waals surface area contributed by atoms with Gasteiger partial charge >= 0.3 is 0 Å². The third-order valence-electron chi connectivity index (χ3n) is 13.4. The van der Waals surface area contributed by atoms with Crippen LogP contribution in [0.2, 0.25) is 0 Å². The molecule has 0 saturated heterocycles. The standard InChI is InChI=1S/C63H47N3/c1-44-24-31-53(32-25-44)65(55-38-40-63-60(43-55)59-22-12-13-23-61(59)66(63)50-18-6-3-7-19-50)62-41-39-56(57-20-10-11-21-58(57)62)48-29-35-52(36-30-48)64(54-37-28-46-16-8-9-17-49(46)42-54)51-33-26-47(27-34-51)45-14-4-2-5-15-45/h2-43,59,61H,1H3. The molecule has 2 atom stereocenters. The molecular formula is C63H47N3. The summed E-state index contributed by atoms with van der Waals surface area (Å²) >= 11 is 0. The number of nitrogens with zero attached hydrogens (tertiary/aromatic N) is 3. The van der Waals surface area contributed by atoms with Crippen LogP contribution in [0.3, 0.4) is 0 Å². The van der Waals surface area contributed by atoms with Crippen molar-refractivity contribution in [1.82, 2.24) is 0 Å². The van der Waals surface area contributed by atoms with Gasteiger partial charge in [0.25, 0.3) is 0 Å². The maximum atomic E-state index is 2.50. The zero-order valence-electron chi connectivity index (χ0n) is 36.7. The Labute approximate surface area is 387 Å². The highest BCUT2D eigenvalue weighted by molar-refractivity contribution is 6.06. The van der Waals surface area contributed by atoms with E-state index in [0.29, 0.717) is 0 Å². The first-order chi connectivity index (χ1) is 32.6. The Hall–Kier alpha value is -8.40. The van der Waals surface area contributed by atoms with E-state index in [9.17, 15) is 0 Å². The predicted molar refractivity (Wildman–Crippen MR) is 280 cm³/mol. The van der Waals surface area contributed by atoms with Crippen LogP contribution in [-0.2, 0) is 0 Å². The van der Waals surface area contributed by atoms with Gasteiger partial charge in [-0.3, -0.25) is 0 Å². The summed E-state index contributed by atoms with van der Waals surface area (Å²) in [6.07, 6.45) is 9.10. The zero-order valence-corrected chi connectivity index (χ0v) is 36.7. The Balaban J connectivity index is 0.943. The minimum atomic E-state index is 0.224. The molecule has 3 heteroatoms. The first-order valence-electron chi connectivity index (χ1n) is 22.9. The van der Waals surface area contributed by atoms with Gasteiger partial charge in [-0.2, -0.15) is 0 Å². The average molecular weight is 846 g/mol. The number of rotatable bonds is 9. The van der Waals surface area contributed by atoms with Crippen LogP contribution in [0.25, 0.3) is 43.8 Å². The molecule has 10 aromatic carbocycles. The Morgan fingerprint density at radius 1 is 0.394 bits per heavy atom. The molecule has 0 bridgehead atoms. The van der Waals surface area contributed by atoms with Crippen LogP contribution < -0.4 is 14.7 Å². The maximum Gasteiger partial charge on any atom is 0.0629 e. The lowest BCUT2D eigenvalue weighted by atomic mass is 9.91. The summed E-state index contributed by atoms with van der Waals surface area (Å²) in [5, 5.41) is 4.84. The van der Waals surface area contributed by atoms with E-state index in [1.807, 2.05) is 0 Å². The SMILES string of the molecule is Cc1ccc(N(c2ccc3c(c2)C2C=CC=CC2N3c2ccccc2)c2ccc(-c3ccc(N(c4ccc(-c5ccccc5)cc4)c4ccc5ccccc5c4)cc3)c3ccccc23)cc1. The lowest BCUT2D eigenvalue weighted by molar-refractivity contribution is 0.745. The topological polar surface area (TPSA) is 9.72 Å². The van der Waals surface area contributed by atoms with Gasteiger partial charge in [-0.1, -0.05) is 175 Å². The number of aryl methyl sites for hydroxylation is 1. The lowest BCUT2D eigenvalue weighted by Gasteiger charge is -2.29. The van der Waals surface area contributed by atoms with Crippen molar-refractivity contribution in [2.75, 3.05) is 14.7 Å². The van der Waals surface area contributed by atoms with Crippen molar-refractivity contribution in [2.45, 2.75) is 18.9 Å². The largest absolute Gasteiger partial charge is 0.333 e. The fraction of sp³-hybridized carbons (Fsp3) is 0.0476. The van der Waals surface area contributed by atoms with E-state index in [0.717, 1.165) is 34.1 Å². The lowest BCUT2D eigenvalue weighted by Crippen LogP contribution is -2.28. The molecule has 0 aromatic heterocycles. The molecular weight excluding hydrogens is 799 g/mol. The van der Waals surface area contributed by atoms with Gasteiger partial charge in [0.2, 0.25) is 0 Å². The van der Waals surface area contributed by atoms with Gasteiger partial charge in [0.15, 0.2) is 0 Å². The van der Waals surface area contributed by atoms with Crippen molar-refractivity contribution in [3.8, 4) is 22.3 Å². The average Bonchev–Trinajstić information content (AvgIpc) is 3.72. The van der Waals surface area contributed by atoms with Crippen LogP contribution in [0.4, 0.5) is 45.5 Å². The highest BCUT2D eigenvalue weighted by atomic mass is 15.2. The first-order valence-corrected chi connectivity index (χ1v) is 22.9. The minimum absolute atomic E-state index is 0.224. The van der Waals surface area contributed by atoms with Crippen LogP contribution in [0.1, 0.15) is 17.0 Å². The normalized spacial score (nSPS) is 14.9. The minimum Gasteiger partial charge on any atom is -0.333 e. The highest BCUT2D eigenvalue weighted by Gasteiger charge is 2.38. The molecule has 0 fully saturated rings. The summed E-state index contributed by atoms with van der Waals surface area (Å²) in [5.74, 6) is 0.248.